The fraction of sp³-hybridized carbons (Fsp3) is 0.450. The van der Waals surface area contributed by atoms with Crippen molar-refractivity contribution in [2.24, 2.45) is 5.92 Å². The first-order valence-electron chi connectivity index (χ1n) is 8.73. The number of benzene rings is 1. The molecule has 3 rings (SSSR count). The smallest absolute Gasteiger partial charge is 0.336 e. The molecule has 1 aliphatic rings. The molecular formula is C20H22O7. The van der Waals surface area contributed by atoms with Crippen molar-refractivity contribution in [3.05, 3.63) is 40.2 Å². The van der Waals surface area contributed by atoms with Crippen LogP contribution in [-0.2, 0) is 19.1 Å². The minimum absolute atomic E-state index is 0.243. The van der Waals surface area contributed by atoms with Crippen molar-refractivity contribution in [2.45, 2.75) is 52.4 Å². The first-order valence-corrected chi connectivity index (χ1v) is 8.73. The summed E-state index contributed by atoms with van der Waals surface area (Å²) < 4.78 is 22.6. The van der Waals surface area contributed by atoms with Crippen molar-refractivity contribution in [1.29, 1.82) is 0 Å². The van der Waals surface area contributed by atoms with Crippen LogP contribution in [0.5, 0.6) is 5.75 Å². The maximum absolute atomic E-state index is 12.3. The highest BCUT2D eigenvalue weighted by Gasteiger charge is 2.50. The summed E-state index contributed by atoms with van der Waals surface area (Å²) in [6, 6.07) is 6.38. The standard InChI is InChI=1S/C20H22O7/c1-10(2)19(23)26-18-17(24-11(3)21)15-13(27-20(18,4)5)8-6-12-7-9-14(22)25-16(12)15/h6-10,17-18H,1-5H3/t17-,18-/m1/s1. The topological polar surface area (TPSA) is 92.0 Å². The number of hydrogen-bond donors (Lipinski definition) is 0. The van der Waals surface area contributed by atoms with Crippen molar-refractivity contribution in [1.82, 2.24) is 0 Å². The van der Waals surface area contributed by atoms with Gasteiger partial charge < -0.3 is 18.6 Å². The average molecular weight is 374 g/mol. The molecule has 0 spiro atoms. The zero-order valence-corrected chi connectivity index (χ0v) is 15.9. The molecule has 7 heteroatoms. The average Bonchev–Trinajstić information content (AvgIpc) is 2.56. The van der Waals surface area contributed by atoms with Gasteiger partial charge >= 0.3 is 17.6 Å². The second kappa shape index (κ2) is 6.72. The highest BCUT2D eigenvalue weighted by molar-refractivity contribution is 5.83. The van der Waals surface area contributed by atoms with E-state index in [0.717, 1.165) is 0 Å². The number of carbonyl (C=O) groups is 2. The van der Waals surface area contributed by atoms with Gasteiger partial charge in [-0.3, -0.25) is 9.59 Å². The Hall–Kier alpha value is -2.83. The molecule has 27 heavy (non-hydrogen) atoms. The van der Waals surface area contributed by atoms with Crippen molar-refractivity contribution >= 4 is 22.9 Å². The second-order valence-electron chi connectivity index (χ2n) is 7.40. The quantitative estimate of drug-likeness (QED) is 0.602. The van der Waals surface area contributed by atoms with Gasteiger partial charge in [-0.1, -0.05) is 13.8 Å². The lowest BCUT2D eigenvalue weighted by Gasteiger charge is -2.43. The van der Waals surface area contributed by atoms with Crippen LogP contribution in [0.1, 0.15) is 46.3 Å². The zero-order valence-electron chi connectivity index (χ0n) is 15.9. The molecule has 0 radical (unpaired) electrons. The normalized spacial score (nSPS) is 20.7. The first-order chi connectivity index (χ1) is 12.6. The van der Waals surface area contributed by atoms with E-state index in [1.165, 1.54) is 13.0 Å². The van der Waals surface area contributed by atoms with E-state index in [1.54, 1.807) is 45.9 Å². The first kappa shape index (κ1) is 18.9. The Morgan fingerprint density at radius 3 is 2.41 bits per heavy atom. The highest BCUT2D eigenvalue weighted by atomic mass is 16.6. The number of fused-ring (bicyclic) bond motifs is 3. The van der Waals surface area contributed by atoms with Crippen LogP contribution in [0.2, 0.25) is 0 Å². The Bertz CT molecular complexity index is 954. The van der Waals surface area contributed by atoms with Crippen LogP contribution in [-0.4, -0.2) is 23.6 Å². The Kier molecular flexibility index (Phi) is 4.71. The van der Waals surface area contributed by atoms with E-state index in [1.807, 2.05) is 0 Å². The van der Waals surface area contributed by atoms with Crippen molar-refractivity contribution in [3.8, 4) is 5.75 Å². The van der Waals surface area contributed by atoms with Gasteiger partial charge in [-0.25, -0.2) is 4.79 Å². The van der Waals surface area contributed by atoms with Gasteiger partial charge in [0, 0.05) is 18.4 Å². The van der Waals surface area contributed by atoms with Crippen molar-refractivity contribution in [2.75, 3.05) is 0 Å². The van der Waals surface area contributed by atoms with Crippen LogP contribution >= 0.6 is 0 Å². The summed E-state index contributed by atoms with van der Waals surface area (Å²) in [5.41, 5.74) is -0.896. The molecule has 0 bridgehead atoms. The molecule has 2 heterocycles. The Morgan fingerprint density at radius 1 is 1.11 bits per heavy atom. The monoisotopic (exact) mass is 374 g/mol. The predicted octanol–water partition coefficient (Wildman–Crippen LogP) is 3.14. The lowest BCUT2D eigenvalue weighted by Crippen LogP contribution is -2.52. The van der Waals surface area contributed by atoms with Gasteiger partial charge in [0.05, 0.1) is 11.5 Å². The summed E-state index contributed by atoms with van der Waals surface area (Å²) in [5.74, 6) is -0.959. The molecule has 0 amide bonds. The maximum Gasteiger partial charge on any atom is 0.336 e. The lowest BCUT2D eigenvalue weighted by molar-refractivity contribution is -0.191. The summed E-state index contributed by atoms with van der Waals surface area (Å²) in [6.45, 7) is 8.18. The Balaban J connectivity index is 2.23. The molecule has 0 aliphatic carbocycles. The van der Waals surface area contributed by atoms with Gasteiger partial charge in [0.1, 0.15) is 16.9 Å². The molecule has 0 saturated carbocycles. The van der Waals surface area contributed by atoms with Crippen LogP contribution < -0.4 is 10.4 Å². The molecule has 2 atom stereocenters. The minimum atomic E-state index is -0.974. The number of esters is 2. The molecule has 0 unspecified atom stereocenters. The number of hydrogen-bond acceptors (Lipinski definition) is 7. The summed E-state index contributed by atoms with van der Waals surface area (Å²) in [7, 11) is 0. The van der Waals surface area contributed by atoms with Gasteiger partial charge in [0.25, 0.3) is 0 Å². The Morgan fingerprint density at radius 2 is 1.78 bits per heavy atom. The SMILES string of the molecule is CC(=O)O[C@@H]1c2c(ccc3ccc(=O)oc23)OC(C)(C)[C@@H]1OC(=O)C(C)C. The van der Waals surface area contributed by atoms with Crippen LogP contribution in [0.25, 0.3) is 11.0 Å². The Labute approximate surface area is 156 Å². The largest absolute Gasteiger partial charge is 0.483 e. The van der Waals surface area contributed by atoms with E-state index in [-0.39, 0.29) is 11.5 Å². The zero-order chi connectivity index (χ0) is 19.9. The molecule has 7 nitrogen and oxygen atoms in total. The third kappa shape index (κ3) is 3.54. The number of rotatable bonds is 3. The van der Waals surface area contributed by atoms with Gasteiger partial charge in [-0.2, -0.15) is 0 Å². The summed E-state index contributed by atoms with van der Waals surface area (Å²) in [4.78, 5) is 35.8. The van der Waals surface area contributed by atoms with E-state index in [0.29, 0.717) is 16.7 Å². The van der Waals surface area contributed by atoms with Crippen LogP contribution in [0.3, 0.4) is 0 Å². The molecule has 0 N–H and O–H groups in total. The van der Waals surface area contributed by atoms with Gasteiger partial charge in [0.2, 0.25) is 0 Å². The minimum Gasteiger partial charge on any atom is -0.483 e. The van der Waals surface area contributed by atoms with Gasteiger partial charge in [-0.05, 0) is 32.0 Å². The third-order valence-corrected chi connectivity index (χ3v) is 4.41. The van der Waals surface area contributed by atoms with E-state index >= 15 is 0 Å². The van der Waals surface area contributed by atoms with Crippen LogP contribution in [0.15, 0.2) is 33.5 Å². The third-order valence-electron chi connectivity index (χ3n) is 4.41. The molecular weight excluding hydrogens is 352 g/mol. The van der Waals surface area contributed by atoms with E-state index < -0.39 is 35.4 Å². The van der Waals surface area contributed by atoms with Crippen molar-refractivity contribution in [3.63, 3.8) is 0 Å². The fourth-order valence-electron chi connectivity index (χ4n) is 3.12. The summed E-state index contributed by atoms with van der Waals surface area (Å²) >= 11 is 0. The lowest BCUT2D eigenvalue weighted by atomic mass is 9.87. The number of carbonyl (C=O) groups excluding carboxylic acids is 2. The van der Waals surface area contributed by atoms with Crippen LogP contribution in [0, 0.1) is 5.92 Å². The molecule has 0 saturated heterocycles. The molecule has 1 aromatic heterocycles. The van der Waals surface area contributed by atoms with Gasteiger partial charge in [-0.15, -0.1) is 0 Å². The molecule has 0 fully saturated rings. The van der Waals surface area contributed by atoms with E-state index in [2.05, 4.69) is 0 Å². The second-order valence-corrected chi connectivity index (χ2v) is 7.40. The molecule has 2 aromatic rings. The predicted molar refractivity (Wildman–Crippen MR) is 96.4 cm³/mol. The maximum atomic E-state index is 12.3. The molecule has 1 aromatic carbocycles. The van der Waals surface area contributed by atoms with E-state index in [4.69, 9.17) is 18.6 Å². The number of ether oxygens (including phenoxy) is 3. The van der Waals surface area contributed by atoms with E-state index in [9.17, 15) is 14.4 Å². The molecule has 144 valence electrons. The summed E-state index contributed by atoms with van der Waals surface area (Å²) in [6.07, 6.45) is -1.89. The summed E-state index contributed by atoms with van der Waals surface area (Å²) in [5, 5.41) is 0.641. The fourth-order valence-corrected chi connectivity index (χ4v) is 3.12. The molecule has 1 aliphatic heterocycles. The van der Waals surface area contributed by atoms with Crippen molar-refractivity contribution < 1.29 is 28.2 Å². The van der Waals surface area contributed by atoms with Crippen LogP contribution in [0.4, 0.5) is 0 Å². The van der Waals surface area contributed by atoms with Gasteiger partial charge in [0.15, 0.2) is 12.2 Å². The highest BCUT2D eigenvalue weighted by Crippen LogP contribution is 2.46.